The topological polar surface area (TPSA) is 97.3 Å². The number of pyridine rings is 1. The highest BCUT2D eigenvalue weighted by atomic mass is 32.2. The number of sulfonamides is 1. The smallest absolute Gasteiger partial charge is 0.264 e. The summed E-state index contributed by atoms with van der Waals surface area (Å²) in [6.07, 6.45) is 1.63. The molecule has 10 heteroatoms. The molecule has 0 atom stereocenters. The maximum atomic E-state index is 13.6. The molecule has 5 rings (SSSR count). The van der Waals surface area contributed by atoms with Gasteiger partial charge in [0.05, 0.1) is 42.1 Å². The van der Waals surface area contributed by atoms with Crippen molar-refractivity contribution < 1.29 is 16.8 Å². The van der Waals surface area contributed by atoms with Gasteiger partial charge in [0.25, 0.3) is 10.0 Å². The minimum absolute atomic E-state index is 0.0109. The Morgan fingerprint density at radius 3 is 2.68 bits per heavy atom. The molecule has 2 aromatic heterocycles. The number of nitrogens with zero attached hydrogens (tertiary/aromatic N) is 3. The SMILES string of the molecule is Cc1nc2ccc(S(=O)(=O)N3CCS(=O)(=O)c4ccc(-c5ccccn5)cc43)cc2s1. The highest BCUT2D eigenvalue weighted by molar-refractivity contribution is 7.94. The Labute approximate surface area is 184 Å². The van der Waals surface area contributed by atoms with Crippen LogP contribution in [0, 0.1) is 6.92 Å². The molecule has 1 aliphatic heterocycles. The summed E-state index contributed by atoms with van der Waals surface area (Å²) in [4.78, 5) is 8.79. The molecule has 0 N–H and O–H groups in total. The van der Waals surface area contributed by atoms with Crippen LogP contribution in [-0.2, 0) is 19.9 Å². The zero-order valence-corrected chi connectivity index (χ0v) is 18.8. The van der Waals surface area contributed by atoms with Gasteiger partial charge in [0.2, 0.25) is 0 Å². The summed E-state index contributed by atoms with van der Waals surface area (Å²) in [6, 6.07) is 14.9. The van der Waals surface area contributed by atoms with Gasteiger partial charge in [-0.3, -0.25) is 9.29 Å². The third-order valence-corrected chi connectivity index (χ3v) is 9.62. The van der Waals surface area contributed by atoms with E-state index in [-0.39, 0.29) is 27.8 Å². The lowest BCUT2D eigenvalue weighted by atomic mass is 10.1. The molecule has 0 saturated carbocycles. The Kier molecular flexibility index (Phi) is 4.61. The monoisotopic (exact) mass is 471 g/mol. The minimum Gasteiger partial charge on any atom is -0.264 e. The summed E-state index contributed by atoms with van der Waals surface area (Å²) < 4.78 is 54.4. The van der Waals surface area contributed by atoms with Gasteiger partial charge < -0.3 is 0 Å². The van der Waals surface area contributed by atoms with Crippen LogP contribution < -0.4 is 4.31 Å². The van der Waals surface area contributed by atoms with Crippen LogP contribution in [0.1, 0.15) is 5.01 Å². The number of aryl methyl sites for hydroxylation is 1. The van der Waals surface area contributed by atoms with Gasteiger partial charge >= 0.3 is 0 Å². The number of benzene rings is 2. The van der Waals surface area contributed by atoms with E-state index in [9.17, 15) is 16.8 Å². The van der Waals surface area contributed by atoms with Gasteiger partial charge in [-0.2, -0.15) is 0 Å². The van der Waals surface area contributed by atoms with Crippen LogP contribution in [0.2, 0.25) is 0 Å². The van der Waals surface area contributed by atoms with E-state index in [1.54, 1.807) is 42.6 Å². The molecule has 158 valence electrons. The number of aromatic nitrogens is 2. The first-order valence-electron chi connectivity index (χ1n) is 9.44. The summed E-state index contributed by atoms with van der Waals surface area (Å²) >= 11 is 1.42. The summed E-state index contributed by atoms with van der Waals surface area (Å²) in [6.45, 7) is 1.72. The average Bonchev–Trinajstić information content (AvgIpc) is 3.13. The molecule has 0 amide bonds. The van der Waals surface area contributed by atoms with Crippen molar-refractivity contribution in [2.75, 3.05) is 16.6 Å². The van der Waals surface area contributed by atoms with Gasteiger partial charge in [-0.15, -0.1) is 11.3 Å². The zero-order valence-electron chi connectivity index (χ0n) is 16.4. The normalized spacial score (nSPS) is 15.7. The molecule has 31 heavy (non-hydrogen) atoms. The lowest BCUT2D eigenvalue weighted by Gasteiger charge is -2.30. The van der Waals surface area contributed by atoms with Crippen molar-refractivity contribution in [3.8, 4) is 11.3 Å². The quantitative estimate of drug-likeness (QED) is 0.452. The number of thiazole rings is 1. The van der Waals surface area contributed by atoms with Crippen molar-refractivity contribution in [3.05, 3.63) is 65.8 Å². The average molecular weight is 472 g/mol. The minimum atomic E-state index is -3.98. The van der Waals surface area contributed by atoms with Gasteiger partial charge in [0, 0.05) is 18.3 Å². The number of anilines is 1. The highest BCUT2D eigenvalue weighted by Crippen LogP contribution is 2.38. The second-order valence-corrected chi connectivity index (χ2v) is 12.3. The zero-order chi connectivity index (χ0) is 21.8. The number of sulfone groups is 1. The van der Waals surface area contributed by atoms with Crippen molar-refractivity contribution in [3.63, 3.8) is 0 Å². The number of rotatable bonds is 3. The van der Waals surface area contributed by atoms with Gasteiger partial charge in [-0.25, -0.2) is 21.8 Å². The van der Waals surface area contributed by atoms with E-state index in [2.05, 4.69) is 9.97 Å². The van der Waals surface area contributed by atoms with Crippen LogP contribution in [0.3, 0.4) is 0 Å². The molecular weight excluding hydrogens is 454 g/mol. The van der Waals surface area contributed by atoms with Crippen molar-refractivity contribution in [1.29, 1.82) is 0 Å². The fourth-order valence-corrected chi connectivity index (χ4v) is 7.68. The molecule has 0 unspecified atom stereocenters. The van der Waals surface area contributed by atoms with E-state index < -0.39 is 19.9 Å². The van der Waals surface area contributed by atoms with Gasteiger partial charge in [0.15, 0.2) is 9.84 Å². The maximum Gasteiger partial charge on any atom is 0.264 e. The highest BCUT2D eigenvalue weighted by Gasteiger charge is 2.36. The van der Waals surface area contributed by atoms with Crippen LogP contribution in [-0.4, -0.2) is 39.1 Å². The molecule has 0 bridgehead atoms. The van der Waals surface area contributed by atoms with Crippen molar-refractivity contribution >= 4 is 47.1 Å². The van der Waals surface area contributed by atoms with Crippen molar-refractivity contribution in [1.82, 2.24) is 9.97 Å². The fourth-order valence-electron chi connectivity index (χ4n) is 3.66. The Morgan fingerprint density at radius 1 is 1.06 bits per heavy atom. The Bertz CT molecular complexity index is 1530. The van der Waals surface area contributed by atoms with Crippen LogP contribution in [0.4, 0.5) is 5.69 Å². The van der Waals surface area contributed by atoms with E-state index in [0.29, 0.717) is 11.3 Å². The van der Waals surface area contributed by atoms with Crippen LogP contribution in [0.15, 0.2) is 70.6 Å². The molecule has 3 heterocycles. The third-order valence-electron chi connectivity index (χ3n) is 5.14. The van der Waals surface area contributed by atoms with Crippen molar-refractivity contribution in [2.24, 2.45) is 0 Å². The van der Waals surface area contributed by atoms with Gasteiger partial charge in [-0.1, -0.05) is 12.1 Å². The molecule has 2 aromatic carbocycles. The third kappa shape index (κ3) is 3.40. The summed E-state index contributed by atoms with van der Waals surface area (Å²) in [7, 11) is -7.56. The van der Waals surface area contributed by atoms with E-state index in [4.69, 9.17) is 0 Å². The van der Waals surface area contributed by atoms with Crippen molar-refractivity contribution in [2.45, 2.75) is 16.7 Å². The molecule has 0 spiro atoms. The van der Waals surface area contributed by atoms with Crippen LogP contribution >= 0.6 is 11.3 Å². The molecule has 0 radical (unpaired) electrons. The van der Waals surface area contributed by atoms with E-state index in [1.165, 1.54) is 27.8 Å². The number of hydrogen-bond acceptors (Lipinski definition) is 7. The molecule has 7 nitrogen and oxygen atoms in total. The Hall–Kier alpha value is -2.82. The summed E-state index contributed by atoms with van der Waals surface area (Å²) in [5, 5.41) is 0.846. The first-order chi connectivity index (χ1) is 14.8. The standard InChI is InChI=1S/C21H17N3O4S3/c1-14-23-18-7-6-16(13-20(18)29-14)31(27,28)24-10-11-30(25,26)21-8-5-15(12-19(21)24)17-4-2-3-9-22-17/h2-9,12-13H,10-11H2,1H3. The maximum absolute atomic E-state index is 13.6. The second-order valence-electron chi connectivity index (χ2n) is 7.16. The second kappa shape index (κ2) is 7.11. The molecule has 0 saturated heterocycles. The molecule has 4 aromatic rings. The first kappa shape index (κ1) is 20.1. The summed E-state index contributed by atoms with van der Waals surface area (Å²) in [5.41, 5.74) is 2.16. The number of hydrogen-bond donors (Lipinski definition) is 0. The van der Waals surface area contributed by atoms with Crippen LogP contribution in [0.5, 0.6) is 0 Å². The molecular formula is C21H17N3O4S3. The Balaban J connectivity index is 1.67. The molecule has 0 fully saturated rings. The summed E-state index contributed by atoms with van der Waals surface area (Å²) in [5.74, 6) is -0.274. The predicted octanol–water partition coefficient (Wildman–Crippen LogP) is 3.65. The lowest BCUT2D eigenvalue weighted by Crippen LogP contribution is -2.39. The molecule has 1 aliphatic rings. The van der Waals surface area contributed by atoms with E-state index >= 15 is 0 Å². The fraction of sp³-hybridized carbons (Fsp3) is 0.143. The Morgan fingerprint density at radius 2 is 1.90 bits per heavy atom. The van der Waals surface area contributed by atoms with Crippen LogP contribution in [0.25, 0.3) is 21.5 Å². The predicted molar refractivity (Wildman–Crippen MR) is 121 cm³/mol. The largest absolute Gasteiger partial charge is 0.264 e. The first-order valence-corrected chi connectivity index (χ1v) is 13.3. The van der Waals surface area contributed by atoms with Gasteiger partial charge in [-0.05, 0) is 49.4 Å². The lowest BCUT2D eigenvalue weighted by molar-refractivity contribution is 0.584. The molecule has 0 aliphatic carbocycles. The number of fused-ring (bicyclic) bond motifs is 2. The van der Waals surface area contributed by atoms with E-state index in [1.807, 2.05) is 13.0 Å². The van der Waals surface area contributed by atoms with Gasteiger partial charge in [0.1, 0.15) is 0 Å². The van der Waals surface area contributed by atoms with E-state index in [0.717, 1.165) is 15.2 Å².